The summed E-state index contributed by atoms with van der Waals surface area (Å²) in [6, 6.07) is 4.50. The van der Waals surface area contributed by atoms with E-state index >= 15 is 0 Å². The van der Waals surface area contributed by atoms with E-state index in [-0.39, 0.29) is 23.6 Å². The summed E-state index contributed by atoms with van der Waals surface area (Å²) >= 11 is 0. The summed E-state index contributed by atoms with van der Waals surface area (Å²) in [5.41, 5.74) is 0.724. The smallest absolute Gasteiger partial charge is 0.239 e. The van der Waals surface area contributed by atoms with Gasteiger partial charge in [0.15, 0.2) is 11.6 Å². The Hall–Kier alpha value is -2.19. The van der Waals surface area contributed by atoms with E-state index in [1.54, 1.807) is 24.1 Å². The predicted octanol–water partition coefficient (Wildman–Crippen LogP) is 1.81. The molecule has 0 radical (unpaired) electrons. The first-order valence-corrected chi connectivity index (χ1v) is 11.2. The number of nitrogens with zero attached hydrogens (tertiary/aromatic N) is 4. The molecule has 0 aliphatic carbocycles. The van der Waals surface area contributed by atoms with Crippen LogP contribution in [-0.4, -0.2) is 97.4 Å². The lowest BCUT2D eigenvalue weighted by molar-refractivity contribution is -0.138. The van der Waals surface area contributed by atoms with Crippen LogP contribution in [0.5, 0.6) is 5.75 Å². The van der Waals surface area contributed by atoms with Crippen molar-refractivity contribution < 1.29 is 18.7 Å². The Kier molecular flexibility index (Phi) is 8.26. The lowest BCUT2D eigenvalue weighted by Crippen LogP contribution is -2.55. The number of carbonyl (C=O) groups is 2. The van der Waals surface area contributed by atoms with Crippen molar-refractivity contribution in [3.63, 3.8) is 0 Å². The second kappa shape index (κ2) is 10.9. The molecule has 0 bridgehead atoms. The third-order valence-electron chi connectivity index (χ3n) is 6.39. The highest BCUT2D eigenvalue weighted by Gasteiger charge is 2.29. The minimum absolute atomic E-state index is 0.00840. The number of rotatable bonds is 7. The fourth-order valence-electron chi connectivity index (χ4n) is 4.38. The fraction of sp³-hybridized carbons (Fsp3) is 0.652. The van der Waals surface area contributed by atoms with Gasteiger partial charge in [0.2, 0.25) is 11.8 Å². The van der Waals surface area contributed by atoms with Gasteiger partial charge in [0, 0.05) is 52.9 Å². The van der Waals surface area contributed by atoms with Crippen molar-refractivity contribution in [2.45, 2.75) is 38.8 Å². The minimum Gasteiger partial charge on any atom is -0.494 e. The highest BCUT2D eigenvalue weighted by molar-refractivity contribution is 5.81. The number of methoxy groups -OCH3 is 1. The molecule has 0 aromatic heterocycles. The Morgan fingerprint density at radius 3 is 2.39 bits per heavy atom. The molecule has 1 aromatic carbocycles. The van der Waals surface area contributed by atoms with E-state index in [1.807, 2.05) is 11.8 Å². The molecule has 1 unspecified atom stereocenters. The van der Waals surface area contributed by atoms with Crippen molar-refractivity contribution in [3.05, 3.63) is 29.6 Å². The first-order chi connectivity index (χ1) is 14.9. The summed E-state index contributed by atoms with van der Waals surface area (Å²) in [6.45, 7) is 7.57. The normalized spacial score (nSPS) is 19.2. The molecule has 2 aliphatic rings. The summed E-state index contributed by atoms with van der Waals surface area (Å²) in [4.78, 5) is 33.4. The highest BCUT2D eigenvalue weighted by Crippen LogP contribution is 2.19. The molecule has 7 nitrogen and oxygen atoms in total. The van der Waals surface area contributed by atoms with Crippen molar-refractivity contribution in [1.82, 2.24) is 19.6 Å². The van der Waals surface area contributed by atoms with Crippen molar-refractivity contribution >= 4 is 11.8 Å². The second-order valence-corrected chi connectivity index (χ2v) is 8.59. The standard InChI is InChI=1S/C23H35FN4O3/c1-18(23(30)25(2)16-19-7-8-21(31-3)20(24)15-19)27-13-11-26(12-14-27)17-22(29)28-9-5-4-6-10-28/h7-8,15,18H,4-6,9-14,16-17H2,1-3H3. The van der Waals surface area contributed by atoms with Crippen molar-refractivity contribution in [3.8, 4) is 5.75 Å². The molecule has 0 spiro atoms. The predicted molar refractivity (Wildman–Crippen MR) is 117 cm³/mol. The van der Waals surface area contributed by atoms with Crippen LogP contribution in [0, 0.1) is 5.82 Å². The van der Waals surface area contributed by atoms with Crippen LogP contribution >= 0.6 is 0 Å². The summed E-state index contributed by atoms with van der Waals surface area (Å²) in [5, 5.41) is 0. The average molecular weight is 435 g/mol. The zero-order valence-corrected chi connectivity index (χ0v) is 19.0. The number of likely N-dealkylation sites (tertiary alicyclic amines) is 1. The van der Waals surface area contributed by atoms with Gasteiger partial charge in [-0.15, -0.1) is 0 Å². The molecule has 8 heteroatoms. The molecule has 2 amide bonds. The van der Waals surface area contributed by atoms with E-state index in [1.165, 1.54) is 19.6 Å². The van der Waals surface area contributed by atoms with Gasteiger partial charge in [-0.2, -0.15) is 0 Å². The number of likely N-dealkylation sites (N-methyl/N-ethyl adjacent to an activating group) is 1. The zero-order chi connectivity index (χ0) is 22.4. The van der Waals surface area contributed by atoms with Gasteiger partial charge in [-0.1, -0.05) is 6.07 Å². The quantitative estimate of drug-likeness (QED) is 0.655. The number of piperidine rings is 1. The molecule has 31 heavy (non-hydrogen) atoms. The number of benzene rings is 1. The monoisotopic (exact) mass is 434 g/mol. The molecule has 2 aliphatic heterocycles. The van der Waals surface area contributed by atoms with Gasteiger partial charge in [0.25, 0.3) is 0 Å². The minimum atomic E-state index is -0.427. The number of hydrogen-bond donors (Lipinski definition) is 0. The molecule has 0 N–H and O–H groups in total. The average Bonchev–Trinajstić information content (AvgIpc) is 2.79. The third kappa shape index (κ3) is 6.17. The molecule has 1 atom stereocenters. The van der Waals surface area contributed by atoms with E-state index < -0.39 is 5.82 Å². The molecule has 0 saturated carbocycles. The molecule has 3 rings (SSSR count). The Bertz CT molecular complexity index is 761. The Balaban J connectivity index is 1.45. The Morgan fingerprint density at radius 2 is 1.77 bits per heavy atom. The van der Waals surface area contributed by atoms with Crippen molar-refractivity contribution in [2.24, 2.45) is 0 Å². The van der Waals surface area contributed by atoms with Gasteiger partial charge in [0.1, 0.15) is 0 Å². The first-order valence-electron chi connectivity index (χ1n) is 11.2. The first kappa shape index (κ1) is 23.5. The molecule has 172 valence electrons. The maximum absolute atomic E-state index is 13.9. The van der Waals surface area contributed by atoms with Gasteiger partial charge < -0.3 is 14.5 Å². The van der Waals surface area contributed by atoms with E-state index in [9.17, 15) is 14.0 Å². The number of ether oxygens (including phenoxy) is 1. The molecular weight excluding hydrogens is 399 g/mol. The number of carbonyl (C=O) groups excluding carboxylic acids is 2. The lowest BCUT2D eigenvalue weighted by atomic mass is 10.1. The maximum Gasteiger partial charge on any atom is 0.239 e. The van der Waals surface area contributed by atoms with Crippen LogP contribution < -0.4 is 4.74 Å². The Morgan fingerprint density at radius 1 is 1.10 bits per heavy atom. The topological polar surface area (TPSA) is 56.3 Å². The molecule has 2 heterocycles. The number of halogens is 1. The van der Waals surface area contributed by atoms with Gasteiger partial charge in [-0.25, -0.2) is 4.39 Å². The van der Waals surface area contributed by atoms with Gasteiger partial charge in [0.05, 0.1) is 19.7 Å². The van der Waals surface area contributed by atoms with Crippen LogP contribution in [0.15, 0.2) is 18.2 Å². The van der Waals surface area contributed by atoms with Crippen LogP contribution in [0.1, 0.15) is 31.7 Å². The summed E-state index contributed by atoms with van der Waals surface area (Å²) < 4.78 is 18.9. The SMILES string of the molecule is COc1ccc(CN(C)C(=O)C(C)N2CCN(CC(=O)N3CCCCC3)CC2)cc1F. The van der Waals surface area contributed by atoms with Crippen LogP contribution in [0.4, 0.5) is 4.39 Å². The van der Waals surface area contributed by atoms with E-state index in [2.05, 4.69) is 9.80 Å². The maximum atomic E-state index is 13.9. The largest absolute Gasteiger partial charge is 0.494 e. The van der Waals surface area contributed by atoms with Crippen LogP contribution in [0.2, 0.25) is 0 Å². The van der Waals surface area contributed by atoms with Crippen LogP contribution in [0.3, 0.4) is 0 Å². The second-order valence-electron chi connectivity index (χ2n) is 8.59. The van der Waals surface area contributed by atoms with Crippen molar-refractivity contribution in [2.75, 3.05) is 60.0 Å². The number of amides is 2. The summed E-state index contributed by atoms with van der Waals surface area (Å²) in [7, 11) is 3.17. The lowest BCUT2D eigenvalue weighted by Gasteiger charge is -2.39. The fourth-order valence-corrected chi connectivity index (χ4v) is 4.38. The van der Waals surface area contributed by atoms with Crippen molar-refractivity contribution in [1.29, 1.82) is 0 Å². The number of piperazine rings is 1. The van der Waals surface area contributed by atoms with Crippen LogP contribution in [-0.2, 0) is 16.1 Å². The summed E-state index contributed by atoms with van der Waals surface area (Å²) in [5.74, 6) is 0.00431. The number of hydrogen-bond acceptors (Lipinski definition) is 5. The van der Waals surface area contributed by atoms with Gasteiger partial charge in [-0.3, -0.25) is 19.4 Å². The molecule has 1 aromatic rings. The van der Waals surface area contributed by atoms with E-state index in [4.69, 9.17) is 4.74 Å². The summed E-state index contributed by atoms with van der Waals surface area (Å²) in [6.07, 6.45) is 3.43. The highest BCUT2D eigenvalue weighted by atomic mass is 19.1. The molecular formula is C23H35FN4O3. The van der Waals surface area contributed by atoms with Gasteiger partial charge >= 0.3 is 0 Å². The van der Waals surface area contributed by atoms with E-state index in [0.717, 1.165) is 57.7 Å². The zero-order valence-electron chi connectivity index (χ0n) is 19.0. The van der Waals surface area contributed by atoms with Gasteiger partial charge in [-0.05, 0) is 43.9 Å². The van der Waals surface area contributed by atoms with Crippen LogP contribution in [0.25, 0.3) is 0 Å². The third-order valence-corrected chi connectivity index (χ3v) is 6.39. The van der Waals surface area contributed by atoms with E-state index in [0.29, 0.717) is 13.1 Å². The molecule has 2 fully saturated rings. The Labute approximate surface area is 184 Å². The molecule has 2 saturated heterocycles.